The lowest BCUT2D eigenvalue weighted by Crippen LogP contribution is -2.65. The van der Waals surface area contributed by atoms with Gasteiger partial charge in [-0.2, -0.15) is 11.8 Å². The van der Waals surface area contributed by atoms with Crippen LogP contribution in [0.25, 0.3) is 0 Å². The molecule has 5 atom stereocenters. The quantitative estimate of drug-likeness (QED) is 0.108. The summed E-state index contributed by atoms with van der Waals surface area (Å²) in [6, 6.07) is 11.2. The fraction of sp³-hybridized carbons (Fsp3) is 0.641. The van der Waals surface area contributed by atoms with Crippen molar-refractivity contribution < 1.29 is 42.3 Å². The Kier molecular flexibility index (Phi) is 12.4. The maximum atomic E-state index is 13.6. The number of carbonyl (C=O) groups excluding carboxylic acids is 2. The summed E-state index contributed by atoms with van der Waals surface area (Å²) in [6.45, 7) is 18.6. The molecule has 0 aromatic heterocycles. The first-order valence-electron chi connectivity index (χ1n) is 18.3. The first-order valence-corrected chi connectivity index (χ1v) is 22.6. The number of amides is 1. The van der Waals surface area contributed by atoms with Crippen LogP contribution in [0.4, 0.5) is 0 Å². The van der Waals surface area contributed by atoms with Crippen LogP contribution in [0.2, 0.25) is 18.1 Å². The van der Waals surface area contributed by atoms with Gasteiger partial charge in [0.05, 0.1) is 44.2 Å². The number of ether oxygens (including phenoxy) is 4. The van der Waals surface area contributed by atoms with Gasteiger partial charge in [-0.05, 0) is 97.2 Å². The van der Waals surface area contributed by atoms with Gasteiger partial charge >= 0.3 is 13.1 Å². The third-order valence-corrected chi connectivity index (χ3v) is 17.2. The fourth-order valence-electron chi connectivity index (χ4n) is 7.79. The fourth-order valence-corrected chi connectivity index (χ4v) is 9.17. The predicted molar refractivity (Wildman–Crippen MR) is 208 cm³/mol. The molecule has 2 aromatic carbocycles. The molecule has 3 aliphatic carbocycles. The van der Waals surface area contributed by atoms with E-state index in [4.69, 9.17) is 32.7 Å². The highest BCUT2D eigenvalue weighted by Gasteiger charge is 2.68. The van der Waals surface area contributed by atoms with Crippen molar-refractivity contribution in [2.45, 2.75) is 103 Å². The summed E-state index contributed by atoms with van der Waals surface area (Å²) in [6.07, 6.45) is 4.16. The zero-order valence-corrected chi connectivity index (χ0v) is 34.7. The molecule has 2 aromatic rings. The molecule has 1 unspecified atom stereocenters. The molecule has 1 aliphatic heterocycles. The zero-order valence-electron chi connectivity index (χ0n) is 32.9. The average Bonchev–Trinajstić information content (AvgIpc) is 3.46. The minimum absolute atomic E-state index is 0.0502. The summed E-state index contributed by atoms with van der Waals surface area (Å²) < 4.78 is 43.3. The Bertz CT molecular complexity index is 1580. The maximum absolute atomic E-state index is 13.6. The van der Waals surface area contributed by atoms with Crippen LogP contribution in [0.3, 0.4) is 0 Å². The molecule has 1 N–H and O–H groups in total. The Morgan fingerprint density at radius 1 is 1.04 bits per heavy atom. The van der Waals surface area contributed by atoms with E-state index in [2.05, 4.69) is 60.0 Å². The highest BCUT2D eigenvalue weighted by atomic mass is 32.2. The van der Waals surface area contributed by atoms with Crippen LogP contribution in [0.1, 0.15) is 75.9 Å². The molecule has 52 heavy (non-hydrogen) atoms. The van der Waals surface area contributed by atoms with E-state index in [0.29, 0.717) is 41.3 Å². The van der Waals surface area contributed by atoms with Crippen LogP contribution in [-0.4, -0.2) is 84.4 Å². The lowest BCUT2D eigenvalue weighted by molar-refractivity contribution is -0.199. The Labute approximate surface area is 316 Å². The average molecular weight is 756 g/mol. The minimum Gasteiger partial charge on any atom is -0.497 e. The van der Waals surface area contributed by atoms with E-state index in [9.17, 15) is 9.59 Å². The molecule has 2 bridgehead atoms. The Morgan fingerprint density at radius 3 is 2.37 bits per heavy atom. The number of methoxy groups -OCH3 is 2. The Balaban J connectivity index is 1.47. The van der Waals surface area contributed by atoms with E-state index in [-0.39, 0.29) is 47.7 Å². The van der Waals surface area contributed by atoms with Gasteiger partial charge in [0, 0.05) is 0 Å². The summed E-state index contributed by atoms with van der Waals surface area (Å²) >= 11 is 1.45. The van der Waals surface area contributed by atoms with Crippen LogP contribution in [-0.2, 0) is 36.3 Å². The molecule has 4 aliphatic rings. The van der Waals surface area contributed by atoms with Gasteiger partial charge in [0.1, 0.15) is 36.0 Å². The summed E-state index contributed by atoms with van der Waals surface area (Å²) in [4.78, 5) is 26.8. The minimum atomic E-state index is -2.01. The zero-order chi connectivity index (χ0) is 38.1. The molecular formula is C39H58BNO9SSi. The molecule has 286 valence electrons. The van der Waals surface area contributed by atoms with Crippen LogP contribution >= 0.6 is 11.8 Å². The van der Waals surface area contributed by atoms with Crippen molar-refractivity contribution >= 4 is 39.1 Å². The number of hydrogen-bond donors (Lipinski definition) is 1. The third kappa shape index (κ3) is 8.33. The highest BCUT2D eigenvalue weighted by molar-refractivity contribution is 7.99. The lowest BCUT2D eigenvalue weighted by atomic mass is 9.43. The van der Waals surface area contributed by atoms with E-state index in [1.54, 1.807) is 13.2 Å². The number of nitrogens with one attached hydrogen (secondary N) is 1. The second kappa shape index (κ2) is 15.9. The van der Waals surface area contributed by atoms with Gasteiger partial charge in [0.2, 0.25) is 5.91 Å². The molecule has 0 spiro atoms. The standard InChI is InChI=1S/C39H58BNO9SSi/c1-37(2,3)52(10,11)48-19-18-46-29-17-14-26(35(34(29)36(43)45-8)47-23-25-12-15-28(44-7)16-13-25)20-32(41-33(42)24-51-9)40-49-31-22-27-21-30(38(27,4)5)39(31,6)50-40/h12-17,27,30-32H,18-24H2,1-11H3,(H,41,42)/t27-,30-,31?,32-,39-/m0/s1. The second-order valence-electron chi connectivity index (χ2n) is 16.7. The van der Waals surface area contributed by atoms with E-state index in [0.717, 1.165) is 24.2 Å². The topological polar surface area (TPSA) is 111 Å². The van der Waals surface area contributed by atoms with E-state index in [1.165, 1.54) is 18.9 Å². The number of carbonyl (C=O) groups is 2. The van der Waals surface area contributed by atoms with Gasteiger partial charge in [0.25, 0.3) is 0 Å². The Hall–Kier alpha value is -2.71. The summed E-state index contributed by atoms with van der Waals surface area (Å²) in [5.74, 6) is 1.35. The number of thioether (sulfide) groups is 1. The molecule has 0 radical (unpaired) electrons. The van der Waals surface area contributed by atoms with Crippen molar-refractivity contribution in [3.8, 4) is 17.2 Å². The largest absolute Gasteiger partial charge is 0.497 e. The van der Waals surface area contributed by atoms with Gasteiger partial charge in [-0.1, -0.05) is 52.8 Å². The normalized spacial score (nSPS) is 24.0. The second-order valence-corrected chi connectivity index (χ2v) is 22.3. The maximum Gasteiger partial charge on any atom is 0.482 e. The van der Waals surface area contributed by atoms with Crippen molar-refractivity contribution in [1.82, 2.24) is 5.32 Å². The van der Waals surface area contributed by atoms with Gasteiger partial charge in [-0.25, -0.2) is 4.79 Å². The molecular weight excluding hydrogens is 697 g/mol. The number of rotatable bonds is 16. The van der Waals surface area contributed by atoms with Gasteiger partial charge in [-0.3, -0.25) is 4.79 Å². The molecule has 1 amide bonds. The molecule has 4 fully saturated rings. The molecule has 6 rings (SSSR count). The monoisotopic (exact) mass is 755 g/mol. The van der Waals surface area contributed by atoms with Crippen LogP contribution in [0, 0.1) is 17.3 Å². The molecule has 3 saturated carbocycles. The first kappa shape index (κ1) is 40.5. The molecule has 13 heteroatoms. The Morgan fingerprint density at radius 2 is 1.75 bits per heavy atom. The van der Waals surface area contributed by atoms with E-state index in [1.807, 2.05) is 36.6 Å². The summed E-state index contributed by atoms with van der Waals surface area (Å²) in [7, 11) is 0.270. The van der Waals surface area contributed by atoms with Crippen molar-refractivity contribution in [2.24, 2.45) is 17.3 Å². The van der Waals surface area contributed by atoms with E-state index >= 15 is 0 Å². The molecule has 10 nitrogen and oxygen atoms in total. The molecule has 1 saturated heterocycles. The third-order valence-electron chi connectivity index (χ3n) is 12.1. The SMILES string of the molecule is COC(=O)c1c(OCCO[Si](C)(C)C(C)(C)C)ccc(C[C@H](NC(=O)CSC)B2OC3C[C@@H]4C[C@@H](C4(C)C)[C@]3(C)O2)c1OCc1ccc(OC)cc1. The smallest absolute Gasteiger partial charge is 0.482 e. The van der Waals surface area contributed by atoms with Gasteiger partial charge in [0.15, 0.2) is 8.32 Å². The van der Waals surface area contributed by atoms with Crippen molar-refractivity contribution in [2.75, 3.05) is 39.4 Å². The predicted octanol–water partition coefficient (Wildman–Crippen LogP) is 7.12. The van der Waals surface area contributed by atoms with Gasteiger partial charge in [-0.15, -0.1) is 0 Å². The summed E-state index contributed by atoms with van der Waals surface area (Å²) in [5.41, 5.74) is 1.45. The van der Waals surface area contributed by atoms with Crippen LogP contribution in [0.5, 0.6) is 17.2 Å². The number of hydrogen-bond acceptors (Lipinski definition) is 10. The number of benzene rings is 2. The van der Waals surface area contributed by atoms with E-state index < -0.39 is 32.9 Å². The highest BCUT2D eigenvalue weighted by Crippen LogP contribution is 2.65. The van der Waals surface area contributed by atoms with Gasteiger partial charge < -0.3 is 38.0 Å². The van der Waals surface area contributed by atoms with Crippen LogP contribution < -0.4 is 19.5 Å². The lowest BCUT2D eigenvalue weighted by Gasteiger charge is -2.64. The number of esters is 1. The molecule has 1 heterocycles. The van der Waals surface area contributed by atoms with Crippen LogP contribution in [0.15, 0.2) is 36.4 Å². The van der Waals surface area contributed by atoms with Crippen molar-refractivity contribution in [3.63, 3.8) is 0 Å². The first-order chi connectivity index (χ1) is 24.4. The summed E-state index contributed by atoms with van der Waals surface area (Å²) in [5, 5.41) is 3.25. The van der Waals surface area contributed by atoms with Crippen molar-refractivity contribution in [1.29, 1.82) is 0 Å². The van der Waals surface area contributed by atoms with Crippen molar-refractivity contribution in [3.05, 3.63) is 53.1 Å².